The topological polar surface area (TPSA) is 76.7 Å². The van der Waals surface area contributed by atoms with E-state index in [0.717, 1.165) is 0 Å². The molecule has 6 nitrogen and oxygen atoms in total. The highest BCUT2D eigenvalue weighted by atomic mass is 35.5. The van der Waals surface area contributed by atoms with Crippen LogP contribution in [0.2, 0.25) is 5.02 Å². The van der Waals surface area contributed by atoms with Crippen LogP contribution in [0.5, 0.6) is 11.5 Å². The minimum Gasteiger partial charge on any atom is -0.454 e. The number of hydrogen-bond acceptors (Lipinski definition) is 4. The van der Waals surface area contributed by atoms with Gasteiger partial charge < -0.3 is 9.47 Å². The lowest BCUT2D eigenvalue weighted by Gasteiger charge is -2.05. The molecule has 0 saturated heterocycles. The summed E-state index contributed by atoms with van der Waals surface area (Å²) in [5.74, 6) is 0.143. The molecule has 2 N–H and O–H groups in total. The molecule has 3 rings (SSSR count). The second-order valence-electron chi connectivity index (χ2n) is 4.88. The largest absolute Gasteiger partial charge is 0.454 e. The van der Waals surface area contributed by atoms with Crippen molar-refractivity contribution in [2.45, 2.75) is 0 Å². The van der Waals surface area contributed by atoms with Crippen LogP contribution in [-0.4, -0.2) is 18.6 Å². The summed E-state index contributed by atoms with van der Waals surface area (Å²) in [7, 11) is 0. The maximum Gasteiger partial charge on any atom is 0.269 e. The SMILES string of the molecule is O=C(/C=C/c1cc(Cl)c2c(c1)OCO2)NNC(=O)c1ccccc1. The Morgan fingerprint density at radius 2 is 1.88 bits per heavy atom. The molecule has 122 valence electrons. The molecule has 7 heteroatoms. The highest BCUT2D eigenvalue weighted by Gasteiger charge is 2.17. The number of nitrogens with one attached hydrogen (secondary N) is 2. The summed E-state index contributed by atoms with van der Waals surface area (Å²) in [5.41, 5.74) is 5.75. The molecule has 0 saturated carbocycles. The highest BCUT2D eigenvalue weighted by molar-refractivity contribution is 6.32. The fourth-order valence-electron chi connectivity index (χ4n) is 2.08. The number of carbonyl (C=O) groups excluding carboxylic acids is 2. The number of ether oxygens (including phenoxy) is 2. The summed E-state index contributed by atoms with van der Waals surface area (Å²) in [5, 5.41) is 0.405. The second-order valence-corrected chi connectivity index (χ2v) is 5.29. The molecule has 2 amide bonds. The zero-order valence-electron chi connectivity index (χ0n) is 12.4. The average molecular weight is 345 g/mol. The molecule has 1 aliphatic rings. The number of amides is 2. The molecule has 0 atom stereocenters. The standard InChI is InChI=1S/C17H13ClN2O4/c18-13-8-11(9-14-16(13)24-10-23-14)6-7-15(21)19-20-17(22)12-4-2-1-3-5-12/h1-9H,10H2,(H,19,21)(H,20,22)/b7-6+. The van der Waals surface area contributed by atoms with Crippen LogP contribution in [0.3, 0.4) is 0 Å². The molecule has 2 aromatic rings. The van der Waals surface area contributed by atoms with Gasteiger partial charge in [-0.05, 0) is 35.9 Å². The summed E-state index contributed by atoms with van der Waals surface area (Å²) in [4.78, 5) is 23.6. The van der Waals surface area contributed by atoms with E-state index in [1.165, 1.54) is 6.08 Å². The van der Waals surface area contributed by atoms with Gasteiger partial charge in [-0.15, -0.1) is 0 Å². The van der Waals surface area contributed by atoms with E-state index in [4.69, 9.17) is 21.1 Å². The first-order chi connectivity index (χ1) is 11.6. The quantitative estimate of drug-likeness (QED) is 0.662. The molecular weight excluding hydrogens is 332 g/mol. The van der Waals surface area contributed by atoms with Crippen molar-refractivity contribution in [2.24, 2.45) is 0 Å². The van der Waals surface area contributed by atoms with Gasteiger partial charge in [0.15, 0.2) is 11.5 Å². The second kappa shape index (κ2) is 7.06. The van der Waals surface area contributed by atoms with Gasteiger partial charge in [0.25, 0.3) is 11.8 Å². The summed E-state index contributed by atoms with van der Waals surface area (Å²) >= 11 is 6.06. The van der Waals surface area contributed by atoms with Gasteiger partial charge >= 0.3 is 0 Å². The van der Waals surface area contributed by atoms with Crippen LogP contribution in [0.4, 0.5) is 0 Å². The first-order valence-corrected chi connectivity index (χ1v) is 7.44. The molecule has 0 fully saturated rings. The maximum absolute atomic E-state index is 11.8. The Morgan fingerprint density at radius 1 is 1.08 bits per heavy atom. The van der Waals surface area contributed by atoms with E-state index >= 15 is 0 Å². The van der Waals surface area contributed by atoms with Gasteiger partial charge in [-0.1, -0.05) is 29.8 Å². The van der Waals surface area contributed by atoms with E-state index in [-0.39, 0.29) is 6.79 Å². The fourth-order valence-corrected chi connectivity index (χ4v) is 2.35. The third-order valence-corrected chi connectivity index (χ3v) is 3.49. The first kappa shape index (κ1) is 15.9. The lowest BCUT2D eigenvalue weighted by molar-refractivity contribution is -0.117. The van der Waals surface area contributed by atoms with Crippen molar-refractivity contribution in [3.8, 4) is 11.5 Å². The smallest absolute Gasteiger partial charge is 0.269 e. The van der Waals surface area contributed by atoms with Crippen molar-refractivity contribution in [3.05, 3.63) is 64.7 Å². The van der Waals surface area contributed by atoms with Crippen LogP contribution in [0.15, 0.2) is 48.5 Å². The number of halogens is 1. The Bertz CT molecular complexity index is 806. The maximum atomic E-state index is 11.8. The third-order valence-electron chi connectivity index (χ3n) is 3.21. The number of hydrogen-bond donors (Lipinski definition) is 2. The molecule has 0 spiro atoms. The average Bonchev–Trinajstić information content (AvgIpc) is 3.08. The molecular formula is C17H13ClN2O4. The lowest BCUT2D eigenvalue weighted by atomic mass is 10.2. The van der Waals surface area contributed by atoms with Gasteiger partial charge in [-0.25, -0.2) is 0 Å². The van der Waals surface area contributed by atoms with E-state index in [1.807, 2.05) is 0 Å². The van der Waals surface area contributed by atoms with Crippen LogP contribution < -0.4 is 20.3 Å². The summed E-state index contributed by atoms with van der Waals surface area (Å²) < 4.78 is 10.5. The molecule has 0 aliphatic carbocycles. The minimum absolute atomic E-state index is 0.119. The van der Waals surface area contributed by atoms with Crippen molar-refractivity contribution in [1.29, 1.82) is 0 Å². The van der Waals surface area contributed by atoms with Crippen LogP contribution in [-0.2, 0) is 4.79 Å². The molecule has 0 unspecified atom stereocenters. The van der Waals surface area contributed by atoms with Crippen molar-refractivity contribution in [3.63, 3.8) is 0 Å². The van der Waals surface area contributed by atoms with Crippen LogP contribution >= 0.6 is 11.6 Å². The van der Waals surface area contributed by atoms with Gasteiger partial charge in [-0.2, -0.15) is 0 Å². The van der Waals surface area contributed by atoms with E-state index < -0.39 is 11.8 Å². The zero-order chi connectivity index (χ0) is 16.9. The van der Waals surface area contributed by atoms with Gasteiger partial charge in [0, 0.05) is 11.6 Å². The Morgan fingerprint density at radius 3 is 2.67 bits per heavy atom. The van der Waals surface area contributed by atoms with Gasteiger partial charge in [-0.3, -0.25) is 20.4 Å². The monoisotopic (exact) mass is 344 g/mol. The molecule has 0 aromatic heterocycles. The zero-order valence-corrected chi connectivity index (χ0v) is 13.2. The predicted octanol–water partition coefficient (Wildman–Crippen LogP) is 2.54. The summed E-state index contributed by atoms with van der Waals surface area (Å²) in [6.07, 6.45) is 2.83. The van der Waals surface area contributed by atoms with E-state index in [9.17, 15) is 9.59 Å². The predicted molar refractivity (Wildman–Crippen MR) is 88.7 cm³/mol. The van der Waals surface area contributed by atoms with E-state index in [1.54, 1.807) is 48.5 Å². The Balaban J connectivity index is 1.58. The molecule has 0 radical (unpaired) electrons. The van der Waals surface area contributed by atoms with Gasteiger partial charge in [0.05, 0.1) is 5.02 Å². The van der Waals surface area contributed by atoms with Gasteiger partial charge in [0.2, 0.25) is 6.79 Å². The number of fused-ring (bicyclic) bond motifs is 1. The number of hydrazine groups is 1. The van der Waals surface area contributed by atoms with E-state index in [0.29, 0.717) is 27.6 Å². The van der Waals surface area contributed by atoms with E-state index in [2.05, 4.69) is 10.9 Å². The van der Waals surface area contributed by atoms with Crippen molar-refractivity contribution < 1.29 is 19.1 Å². The van der Waals surface area contributed by atoms with Gasteiger partial charge in [0.1, 0.15) is 0 Å². The Kier molecular flexibility index (Phi) is 4.67. The third kappa shape index (κ3) is 3.67. The molecule has 24 heavy (non-hydrogen) atoms. The number of carbonyl (C=O) groups is 2. The number of benzene rings is 2. The molecule has 0 bridgehead atoms. The van der Waals surface area contributed by atoms with Crippen LogP contribution in [0, 0.1) is 0 Å². The molecule has 2 aromatic carbocycles. The van der Waals surface area contributed by atoms with Crippen LogP contribution in [0.1, 0.15) is 15.9 Å². The van der Waals surface area contributed by atoms with Crippen LogP contribution in [0.25, 0.3) is 6.08 Å². The normalized spacial score (nSPS) is 12.2. The Hall–Kier alpha value is -2.99. The Labute approximate surface area is 143 Å². The minimum atomic E-state index is -0.479. The first-order valence-electron chi connectivity index (χ1n) is 7.06. The highest BCUT2D eigenvalue weighted by Crippen LogP contribution is 2.39. The fraction of sp³-hybridized carbons (Fsp3) is 0.0588. The summed E-state index contributed by atoms with van der Waals surface area (Å²) in [6.45, 7) is 0.119. The summed E-state index contributed by atoms with van der Waals surface area (Å²) in [6, 6.07) is 11.9. The number of rotatable bonds is 3. The van der Waals surface area contributed by atoms with Crippen molar-refractivity contribution >= 4 is 29.5 Å². The lowest BCUT2D eigenvalue weighted by Crippen LogP contribution is -2.40. The van der Waals surface area contributed by atoms with Crippen molar-refractivity contribution in [2.75, 3.05) is 6.79 Å². The molecule has 1 heterocycles. The molecule has 1 aliphatic heterocycles. The van der Waals surface area contributed by atoms with Crippen molar-refractivity contribution in [1.82, 2.24) is 10.9 Å².